The maximum Gasteiger partial charge on any atom is 0.0485 e. The summed E-state index contributed by atoms with van der Waals surface area (Å²) in [6.45, 7) is 0. The van der Waals surface area contributed by atoms with E-state index < -0.39 is 0 Å². The molecular formula is C15H14N2S. The molecule has 1 heterocycles. The number of hydrogen-bond donors (Lipinski definition) is 2. The van der Waals surface area contributed by atoms with Crippen molar-refractivity contribution in [1.29, 1.82) is 0 Å². The molecule has 0 aliphatic heterocycles. The molecule has 1 aromatic heterocycles. The third kappa shape index (κ3) is 2.22. The molecule has 0 aliphatic carbocycles. The van der Waals surface area contributed by atoms with Gasteiger partial charge in [-0.1, -0.05) is 30.3 Å². The van der Waals surface area contributed by atoms with Crippen LogP contribution in [0, 0.1) is 0 Å². The van der Waals surface area contributed by atoms with Gasteiger partial charge >= 0.3 is 0 Å². The van der Waals surface area contributed by atoms with Crippen LogP contribution >= 0.6 is 11.8 Å². The van der Waals surface area contributed by atoms with Crippen LogP contribution in [0.4, 0.5) is 5.69 Å². The highest BCUT2D eigenvalue weighted by molar-refractivity contribution is 7.98. The van der Waals surface area contributed by atoms with Crippen molar-refractivity contribution in [3.63, 3.8) is 0 Å². The lowest BCUT2D eigenvalue weighted by atomic mass is 10.2. The maximum atomic E-state index is 5.92. The van der Waals surface area contributed by atoms with E-state index in [9.17, 15) is 0 Å². The quantitative estimate of drug-likeness (QED) is 0.547. The van der Waals surface area contributed by atoms with Crippen molar-refractivity contribution in [2.75, 3.05) is 5.73 Å². The smallest absolute Gasteiger partial charge is 0.0485 e. The minimum Gasteiger partial charge on any atom is -0.399 e. The fourth-order valence-electron chi connectivity index (χ4n) is 2.01. The van der Waals surface area contributed by atoms with E-state index in [2.05, 4.69) is 35.3 Å². The zero-order valence-corrected chi connectivity index (χ0v) is 10.7. The van der Waals surface area contributed by atoms with Crippen molar-refractivity contribution in [2.45, 2.75) is 10.6 Å². The maximum absolute atomic E-state index is 5.92. The van der Waals surface area contributed by atoms with Gasteiger partial charge in [-0.25, -0.2) is 0 Å². The van der Waals surface area contributed by atoms with E-state index in [-0.39, 0.29) is 0 Å². The van der Waals surface area contributed by atoms with E-state index in [1.165, 1.54) is 15.8 Å². The van der Waals surface area contributed by atoms with E-state index in [1.54, 1.807) is 0 Å². The molecule has 3 N–H and O–H groups in total. The van der Waals surface area contributed by atoms with Crippen LogP contribution in [0.1, 0.15) is 5.56 Å². The normalized spacial score (nSPS) is 10.9. The van der Waals surface area contributed by atoms with E-state index in [0.717, 1.165) is 17.0 Å². The number of aromatic amines is 1. The molecule has 0 aliphatic rings. The van der Waals surface area contributed by atoms with Gasteiger partial charge in [-0.3, -0.25) is 0 Å². The Morgan fingerprint density at radius 2 is 1.89 bits per heavy atom. The number of fused-ring (bicyclic) bond motifs is 1. The van der Waals surface area contributed by atoms with Gasteiger partial charge in [-0.2, -0.15) is 0 Å². The Bertz CT molecular complexity index is 659. The minimum atomic E-state index is 0.806. The van der Waals surface area contributed by atoms with Crippen molar-refractivity contribution in [3.8, 4) is 0 Å². The molecule has 0 fully saturated rings. The number of hydrogen-bond acceptors (Lipinski definition) is 2. The average Bonchev–Trinajstić information content (AvgIpc) is 2.85. The summed E-state index contributed by atoms with van der Waals surface area (Å²) in [4.78, 5) is 4.44. The third-order valence-electron chi connectivity index (χ3n) is 2.89. The number of thioether (sulfide) groups is 1. The fraction of sp³-hybridized carbons (Fsp3) is 0.0667. The van der Waals surface area contributed by atoms with Gasteiger partial charge in [-0.05, 0) is 23.8 Å². The Morgan fingerprint density at radius 1 is 1.06 bits per heavy atom. The second-order valence-corrected chi connectivity index (χ2v) is 5.25. The Hall–Kier alpha value is -1.87. The molecule has 0 amide bonds. The predicted octanol–water partition coefficient (Wildman–Crippen LogP) is 4.04. The van der Waals surface area contributed by atoms with Gasteiger partial charge in [0.1, 0.15) is 0 Å². The Morgan fingerprint density at radius 3 is 2.72 bits per heavy atom. The molecule has 2 aromatic carbocycles. The number of anilines is 1. The number of nitrogens with two attached hydrogens (primary N) is 1. The van der Waals surface area contributed by atoms with Crippen LogP contribution in [-0.4, -0.2) is 4.98 Å². The topological polar surface area (TPSA) is 41.8 Å². The van der Waals surface area contributed by atoms with Crippen LogP contribution in [0.2, 0.25) is 0 Å². The second kappa shape index (κ2) is 4.78. The zero-order chi connectivity index (χ0) is 12.4. The van der Waals surface area contributed by atoms with E-state index in [1.807, 2.05) is 36.2 Å². The molecule has 3 rings (SSSR count). The van der Waals surface area contributed by atoms with Crippen molar-refractivity contribution in [3.05, 3.63) is 60.3 Å². The summed E-state index contributed by atoms with van der Waals surface area (Å²) < 4.78 is 0. The fourth-order valence-corrected chi connectivity index (χ4v) is 3.08. The summed E-state index contributed by atoms with van der Waals surface area (Å²) >= 11 is 1.82. The molecule has 18 heavy (non-hydrogen) atoms. The SMILES string of the molecule is Nc1cc(SCc2ccccc2)c2cc[nH]c2c1. The number of nitrogens with one attached hydrogen (secondary N) is 1. The van der Waals surface area contributed by atoms with E-state index >= 15 is 0 Å². The summed E-state index contributed by atoms with van der Waals surface area (Å²) in [5.41, 5.74) is 9.16. The highest BCUT2D eigenvalue weighted by Crippen LogP contribution is 2.32. The number of benzene rings is 2. The molecule has 3 aromatic rings. The number of aromatic nitrogens is 1. The molecule has 0 atom stereocenters. The van der Waals surface area contributed by atoms with Crippen LogP contribution < -0.4 is 5.73 Å². The van der Waals surface area contributed by atoms with Crippen molar-refractivity contribution in [1.82, 2.24) is 4.98 Å². The van der Waals surface area contributed by atoms with Crippen LogP contribution in [0.25, 0.3) is 10.9 Å². The molecular weight excluding hydrogens is 240 g/mol. The molecule has 0 bridgehead atoms. The zero-order valence-electron chi connectivity index (χ0n) is 9.89. The summed E-state index contributed by atoms with van der Waals surface area (Å²) in [7, 11) is 0. The first-order valence-corrected chi connectivity index (χ1v) is 6.85. The van der Waals surface area contributed by atoms with Crippen LogP contribution in [-0.2, 0) is 5.75 Å². The largest absolute Gasteiger partial charge is 0.399 e. The van der Waals surface area contributed by atoms with E-state index in [0.29, 0.717) is 0 Å². The average molecular weight is 254 g/mol. The summed E-state index contributed by atoms with van der Waals surface area (Å²) in [5.74, 6) is 0.963. The highest BCUT2D eigenvalue weighted by atomic mass is 32.2. The van der Waals surface area contributed by atoms with Gasteiger partial charge < -0.3 is 10.7 Å². The van der Waals surface area contributed by atoms with Crippen molar-refractivity contribution >= 4 is 28.4 Å². The summed E-state index contributed by atoms with van der Waals surface area (Å²) in [5, 5.41) is 1.24. The molecule has 90 valence electrons. The van der Waals surface area contributed by atoms with Crippen LogP contribution in [0.3, 0.4) is 0 Å². The van der Waals surface area contributed by atoms with Gasteiger partial charge in [0.15, 0.2) is 0 Å². The number of H-pyrrole nitrogens is 1. The lowest BCUT2D eigenvalue weighted by molar-refractivity contribution is 1.40. The molecule has 0 spiro atoms. The molecule has 2 nitrogen and oxygen atoms in total. The molecule has 0 unspecified atom stereocenters. The second-order valence-electron chi connectivity index (χ2n) is 4.23. The molecule has 0 radical (unpaired) electrons. The van der Waals surface area contributed by atoms with Gasteiger partial charge in [0.05, 0.1) is 0 Å². The summed E-state index contributed by atoms with van der Waals surface area (Å²) in [6, 6.07) is 16.6. The van der Waals surface area contributed by atoms with Crippen molar-refractivity contribution < 1.29 is 0 Å². The first-order chi connectivity index (χ1) is 8.83. The highest BCUT2D eigenvalue weighted by Gasteiger charge is 2.04. The van der Waals surface area contributed by atoms with Gasteiger partial charge in [0.25, 0.3) is 0 Å². The third-order valence-corrected chi connectivity index (χ3v) is 4.02. The van der Waals surface area contributed by atoms with Gasteiger partial charge in [-0.15, -0.1) is 11.8 Å². The van der Waals surface area contributed by atoms with Gasteiger partial charge in [0, 0.05) is 33.4 Å². The first kappa shape index (κ1) is 11.2. The molecule has 0 saturated carbocycles. The lowest BCUT2D eigenvalue weighted by Gasteiger charge is -2.05. The minimum absolute atomic E-state index is 0.806. The Labute approximate surface area is 110 Å². The van der Waals surface area contributed by atoms with E-state index in [4.69, 9.17) is 5.73 Å². The lowest BCUT2D eigenvalue weighted by Crippen LogP contribution is -1.86. The monoisotopic (exact) mass is 254 g/mol. The van der Waals surface area contributed by atoms with Crippen LogP contribution in [0.5, 0.6) is 0 Å². The Balaban J connectivity index is 1.88. The van der Waals surface area contributed by atoms with Gasteiger partial charge in [0.2, 0.25) is 0 Å². The standard InChI is InChI=1S/C15H14N2S/c16-12-8-14-13(6-7-17-14)15(9-12)18-10-11-4-2-1-3-5-11/h1-9,17H,10,16H2. The van der Waals surface area contributed by atoms with Crippen LogP contribution in [0.15, 0.2) is 59.6 Å². The molecule has 0 saturated heterocycles. The predicted molar refractivity (Wildman–Crippen MR) is 78.7 cm³/mol. The summed E-state index contributed by atoms with van der Waals surface area (Å²) in [6.07, 6.45) is 1.96. The number of nitrogen functional groups attached to an aromatic ring is 1. The van der Waals surface area contributed by atoms with Crippen molar-refractivity contribution in [2.24, 2.45) is 0 Å². The first-order valence-electron chi connectivity index (χ1n) is 5.86. The Kier molecular flexibility index (Phi) is 2.99. The molecule has 3 heteroatoms. The number of rotatable bonds is 3.